The predicted octanol–water partition coefficient (Wildman–Crippen LogP) is -0.196. The Morgan fingerprint density at radius 2 is 1.64 bits per heavy atom. The van der Waals surface area contributed by atoms with Crippen LogP contribution in [0.1, 0.15) is 47.5 Å². The smallest absolute Gasteiger partial charge is 0.330 e. The molecule has 0 aliphatic carbocycles. The molecule has 0 aromatic carbocycles. The number of carbonyl (C=O) groups is 2. The average Bonchev–Trinajstić information content (AvgIpc) is 2.70. The van der Waals surface area contributed by atoms with E-state index in [0.29, 0.717) is 39.3 Å². The Morgan fingerprint density at radius 3 is 2.15 bits per heavy atom. The van der Waals surface area contributed by atoms with Crippen molar-refractivity contribution < 1.29 is 9.59 Å². The van der Waals surface area contributed by atoms with Crippen LogP contribution in [-0.4, -0.2) is 82.5 Å². The number of nitrogens with zero attached hydrogens (tertiary/aromatic N) is 4. The Hall–Kier alpha value is -2.66. The fraction of sp³-hybridized carbons (Fsp3) is 0.727. The lowest BCUT2D eigenvalue weighted by Gasteiger charge is -2.35. The monoisotopic (exact) mass is 465 g/mol. The molecule has 1 aromatic rings. The first-order valence-corrected chi connectivity index (χ1v) is 11.7. The van der Waals surface area contributed by atoms with Crippen molar-refractivity contribution >= 4 is 23.3 Å². The van der Waals surface area contributed by atoms with E-state index in [1.54, 1.807) is 6.92 Å². The number of piperazine rings is 1. The van der Waals surface area contributed by atoms with Crippen LogP contribution in [0.4, 0.5) is 11.5 Å². The number of carbonyl (C=O) groups excluding carboxylic acids is 2. The summed E-state index contributed by atoms with van der Waals surface area (Å²) in [6.07, 6.45) is 1.59. The molecule has 1 fully saturated rings. The van der Waals surface area contributed by atoms with Gasteiger partial charge in [-0.1, -0.05) is 13.3 Å². The van der Waals surface area contributed by atoms with Gasteiger partial charge in [-0.05, 0) is 34.1 Å². The lowest BCUT2D eigenvalue weighted by Crippen LogP contribution is -2.53. The summed E-state index contributed by atoms with van der Waals surface area (Å²) in [7, 11) is 0. The number of anilines is 2. The number of hydrogen-bond donors (Lipinski definition) is 3. The van der Waals surface area contributed by atoms with Gasteiger partial charge in [-0.15, -0.1) is 0 Å². The third-order valence-corrected chi connectivity index (χ3v) is 5.54. The summed E-state index contributed by atoms with van der Waals surface area (Å²) in [5.41, 5.74) is 4.70. The molecule has 1 aliphatic rings. The maximum absolute atomic E-state index is 13.1. The fourth-order valence-corrected chi connectivity index (χ4v) is 3.88. The Bertz CT molecular complexity index is 940. The molecular weight excluding hydrogens is 426 g/mol. The van der Waals surface area contributed by atoms with Crippen molar-refractivity contribution in [3.8, 4) is 0 Å². The van der Waals surface area contributed by atoms with Crippen molar-refractivity contribution in [2.45, 2.75) is 59.5 Å². The van der Waals surface area contributed by atoms with Crippen molar-refractivity contribution in [1.29, 1.82) is 0 Å². The van der Waals surface area contributed by atoms with E-state index >= 15 is 0 Å². The molecule has 1 aliphatic heterocycles. The number of nitrogens with two attached hydrogens (primary N) is 1. The number of unbranched alkanes of at least 4 members (excludes halogenated alkanes) is 1. The molecule has 0 bridgehead atoms. The summed E-state index contributed by atoms with van der Waals surface area (Å²) < 4.78 is 1.32. The van der Waals surface area contributed by atoms with Gasteiger partial charge in [-0.2, -0.15) is 0 Å². The van der Waals surface area contributed by atoms with Gasteiger partial charge in [0.15, 0.2) is 5.69 Å². The highest BCUT2D eigenvalue weighted by molar-refractivity contribution is 5.96. The minimum Gasteiger partial charge on any atom is -0.383 e. The molecule has 0 spiro atoms. The van der Waals surface area contributed by atoms with Gasteiger partial charge in [0.25, 0.3) is 5.56 Å². The van der Waals surface area contributed by atoms with Crippen LogP contribution in [0.15, 0.2) is 9.59 Å². The van der Waals surface area contributed by atoms with Crippen LogP contribution in [0.25, 0.3) is 0 Å². The molecule has 33 heavy (non-hydrogen) atoms. The number of likely N-dealkylation sites (N-methyl/N-ethyl adjacent to an activating group) is 1. The number of H-pyrrole nitrogens is 1. The number of aromatic amines is 1. The second-order valence-corrected chi connectivity index (χ2v) is 9.49. The third kappa shape index (κ3) is 7.43. The lowest BCUT2D eigenvalue weighted by atomic mass is 10.1. The zero-order chi connectivity index (χ0) is 24.8. The first-order valence-electron chi connectivity index (χ1n) is 11.7. The van der Waals surface area contributed by atoms with Crippen molar-refractivity contribution in [2.75, 3.05) is 56.4 Å². The molecule has 2 amide bonds. The Labute approximate surface area is 194 Å². The zero-order valence-corrected chi connectivity index (χ0v) is 20.6. The van der Waals surface area contributed by atoms with Gasteiger partial charge in [0.05, 0.1) is 13.1 Å². The SMILES string of the molecule is CCCCn1c(N)c(N(CC)C(=O)CN2CCN(CC(=O)NC(C)(C)C)CC2)c(=O)[nH]c1=O. The lowest BCUT2D eigenvalue weighted by molar-refractivity contribution is -0.125. The van der Waals surface area contributed by atoms with E-state index in [1.807, 2.05) is 32.6 Å². The standard InChI is InChI=1S/C22H39N7O4/c1-6-8-9-29-19(23)18(20(32)24-21(29)33)28(7-2)17(31)15-27-12-10-26(11-13-27)14-16(30)25-22(3,4)5/h6-15,23H2,1-5H3,(H,25,30)(H,24,32,33). The Morgan fingerprint density at radius 1 is 1.06 bits per heavy atom. The minimum absolute atomic E-state index is 0.0158. The molecule has 0 saturated carbocycles. The fourth-order valence-electron chi connectivity index (χ4n) is 3.88. The third-order valence-electron chi connectivity index (χ3n) is 5.54. The van der Waals surface area contributed by atoms with Crippen molar-refractivity contribution in [3.05, 3.63) is 20.8 Å². The van der Waals surface area contributed by atoms with E-state index < -0.39 is 11.2 Å². The summed E-state index contributed by atoms with van der Waals surface area (Å²) >= 11 is 0. The summed E-state index contributed by atoms with van der Waals surface area (Å²) in [5, 5.41) is 2.96. The van der Waals surface area contributed by atoms with E-state index in [4.69, 9.17) is 5.73 Å². The number of amides is 2. The molecule has 0 atom stereocenters. The highest BCUT2D eigenvalue weighted by Gasteiger charge is 2.27. The van der Waals surface area contributed by atoms with Crippen LogP contribution >= 0.6 is 0 Å². The molecular formula is C22H39N7O4. The van der Waals surface area contributed by atoms with Gasteiger partial charge >= 0.3 is 5.69 Å². The normalized spacial score (nSPS) is 15.4. The predicted molar refractivity (Wildman–Crippen MR) is 129 cm³/mol. The van der Waals surface area contributed by atoms with Crippen molar-refractivity contribution in [1.82, 2.24) is 24.7 Å². The van der Waals surface area contributed by atoms with Crippen LogP contribution in [0.5, 0.6) is 0 Å². The number of nitrogens with one attached hydrogen (secondary N) is 2. The molecule has 2 heterocycles. The van der Waals surface area contributed by atoms with Gasteiger partial charge in [0.1, 0.15) is 5.82 Å². The van der Waals surface area contributed by atoms with Crippen LogP contribution in [0.3, 0.4) is 0 Å². The summed E-state index contributed by atoms with van der Waals surface area (Å²) in [6, 6.07) is 0. The van der Waals surface area contributed by atoms with E-state index in [-0.39, 0.29) is 41.9 Å². The quantitative estimate of drug-likeness (QED) is 0.459. The van der Waals surface area contributed by atoms with E-state index in [9.17, 15) is 19.2 Å². The number of nitrogen functional groups attached to an aromatic ring is 1. The molecule has 2 rings (SSSR count). The molecule has 1 aromatic heterocycles. The number of rotatable bonds is 9. The van der Waals surface area contributed by atoms with Gasteiger partial charge in [0.2, 0.25) is 11.8 Å². The average molecular weight is 466 g/mol. The van der Waals surface area contributed by atoms with Crippen LogP contribution < -0.4 is 27.2 Å². The Balaban J connectivity index is 2.03. The first-order chi connectivity index (χ1) is 15.5. The highest BCUT2D eigenvalue weighted by atomic mass is 16.2. The Kier molecular flexibility index (Phi) is 9.24. The van der Waals surface area contributed by atoms with Crippen molar-refractivity contribution in [2.24, 2.45) is 0 Å². The summed E-state index contributed by atoms with van der Waals surface area (Å²) in [6.45, 7) is 13.3. The highest BCUT2D eigenvalue weighted by Crippen LogP contribution is 2.17. The molecule has 186 valence electrons. The molecule has 11 nitrogen and oxygen atoms in total. The largest absolute Gasteiger partial charge is 0.383 e. The number of aromatic nitrogens is 2. The van der Waals surface area contributed by atoms with Gasteiger partial charge in [0, 0.05) is 44.8 Å². The van der Waals surface area contributed by atoms with Crippen LogP contribution in [0.2, 0.25) is 0 Å². The number of hydrogen-bond acceptors (Lipinski definition) is 7. The van der Waals surface area contributed by atoms with Crippen molar-refractivity contribution in [3.63, 3.8) is 0 Å². The van der Waals surface area contributed by atoms with E-state index in [1.165, 1.54) is 9.47 Å². The minimum atomic E-state index is -0.657. The van der Waals surface area contributed by atoms with Gasteiger partial charge in [-0.3, -0.25) is 33.7 Å². The van der Waals surface area contributed by atoms with Gasteiger partial charge in [-0.25, -0.2) is 4.79 Å². The molecule has 1 saturated heterocycles. The second kappa shape index (κ2) is 11.5. The molecule has 0 radical (unpaired) electrons. The molecule has 4 N–H and O–H groups in total. The maximum atomic E-state index is 13.1. The second-order valence-electron chi connectivity index (χ2n) is 9.49. The van der Waals surface area contributed by atoms with E-state index in [0.717, 1.165) is 12.8 Å². The summed E-state index contributed by atoms with van der Waals surface area (Å²) in [5.74, 6) is -0.256. The molecule has 11 heteroatoms. The zero-order valence-electron chi connectivity index (χ0n) is 20.6. The van der Waals surface area contributed by atoms with Gasteiger partial charge < -0.3 is 16.0 Å². The van der Waals surface area contributed by atoms with E-state index in [2.05, 4.69) is 15.2 Å². The summed E-state index contributed by atoms with van der Waals surface area (Å²) in [4.78, 5) is 57.7. The maximum Gasteiger partial charge on any atom is 0.330 e. The van der Waals surface area contributed by atoms with Crippen LogP contribution in [0, 0.1) is 0 Å². The topological polar surface area (TPSA) is 137 Å². The molecule has 0 unspecified atom stereocenters. The van der Waals surface area contributed by atoms with Crippen LogP contribution in [-0.2, 0) is 16.1 Å². The first kappa shape index (κ1) is 26.6.